The van der Waals surface area contributed by atoms with Crippen molar-refractivity contribution in [1.29, 1.82) is 0 Å². The summed E-state index contributed by atoms with van der Waals surface area (Å²) in [7, 11) is 0. The van der Waals surface area contributed by atoms with E-state index < -0.39 is 0 Å². The molecule has 0 saturated heterocycles. The summed E-state index contributed by atoms with van der Waals surface area (Å²) >= 11 is 1.77. The minimum atomic E-state index is 0.337. The van der Waals surface area contributed by atoms with Crippen LogP contribution in [-0.2, 0) is 6.42 Å². The summed E-state index contributed by atoms with van der Waals surface area (Å²) in [6, 6.07) is 0. The van der Waals surface area contributed by atoms with Crippen LogP contribution in [0.5, 0.6) is 0 Å². The predicted octanol–water partition coefficient (Wildman–Crippen LogP) is 3.48. The average Bonchev–Trinajstić information content (AvgIpc) is 2.82. The Labute approximate surface area is 109 Å². The van der Waals surface area contributed by atoms with E-state index in [9.17, 15) is 0 Å². The van der Waals surface area contributed by atoms with Gasteiger partial charge in [0.2, 0.25) is 0 Å². The van der Waals surface area contributed by atoms with E-state index in [1.807, 2.05) is 6.20 Å². The topological polar surface area (TPSA) is 38.9 Å². The number of thiazole rings is 1. The molecular formula is C14H24N2S. The van der Waals surface area contributed by atoms with Crippen LogP contribution in [-0.4, -0.2) is 11.5 Å². The number of hydrogen-bond acceptors (Lipinski definition) is 3. The summed E-state index contributed by atoms with van der Waals surface area (Å²) in [4.78, 5) is 4.42. The van der Waals surface area contributed by atoms with Gasteiger partial charge in [-0.05, 0) is 49.5 Å². The molecule has 1 aliphatic rings. The van der Waals surface area contributed by atoms with Crippen molar-refractivity contribution in [2.24, 2.45) is 23.0 Å². The van der Waals surface area contributed by atoms with Crippen molar-refractivity contribution in [2.45, 2.75) is 46.0 Å². The first-order valence-corrected chi connectivity index (χ1v) is 7.62. The molecule has 1 saturated carbocycles. The molecule has 2 rings (SSSR count). The molecule has 17 heavy (non-hydrogen) atoms. The van der Waals surface area contributed by atoms with Crippen LogP contribution in [0.2, 0.25) is 0 Å². The van der Waals surface area contributed by atoms with E-state index in [1.54, 1.807) is 11.3 Å². The molecule has 0 unspecified atom stereocenters. The van der Waals surface area contributed by atoms with Gasteiger partial charge in [0.1, 0.15) is 0 Å². The molecule has 2 N–H and O–H groups in total. The molecule has 0 aromatic carbocycles. The van der Waals surface area contributed by atoms with Crippen molar-refractivity contribution in [2.75, 3.05) is 6.54 Å². The van der Waals surface area contributed by atoms with Crippen LogP contribution >= 0.6 is 11.3 Å². The normalized spacial score (nSPS) is 29.8. The minimum Gasteiger partial charge on any atom is -0.330 e. The van der Waals surface area contributed by atoms with Gasteiger partial charge < -0.3 is 5.73 Å². The van der Waals surface area contributed by atoms with Gasteiger partial charge >= 0.3 is 0 Å². The lowest BCUT2D eigenvalue weighted by molar-refractivity contribution is 0.132. The van der Waals surface area contributed by atoms with Crippen molar-refractivity contribution in [3.8, 4) is 0 Å². The largest absolute Gasteiger partial charge is 0.330 e. The highest BCUT2D eigenvalue weighted by Crippen LogP contribution is 2.43. The molecular weight excluding hydrogens is 228 g/mol. The molecule has 96 valence electrons. The Kier molecular flexibility index (Phi) is 4.21. The summed E-state index contributed by atoms with van der Waals surface area (Å²) in [5, 5.41) is 3.33. The average molecular weight is 252 g/mol. The zero-order chi connectivity index (χ0) is 12.3. The molecule has 0 atom stereocenters. The Morgan fingerprint density at radius 2 is 2.18 bits per heavy atom. The summed E-state index contributed by atoms with van der Waals surface area (Å²) < 4.78 is 0. The van der Waals surface area contributed by atoms with Gasteiger partial charge in [0.25, 0.3) is 0 Å². The van der Waals surface area contributed by atoms with Gasteiger partial charge in [-0.1, -0.05) is 13.8 Å². The van der Waals surface area contributed by atoms with Crippen molar-refractivity contribution in [3.05, 3.63) is 16.6 Å². The fourth-order valence-corrected chi connectivity index (χ4v) is 3.82. The van der Waals surface area contributed by atoms with Crippen LogP contribution in [0.1, 0.15) is 44.5 Å². The standard InChI is InChI=1S/C14H24N2S/c1-11(2)12-3-5-14(10-15,6-4-12)9-13-16-7-8-17-13/h7-8,11-12H,3-6,9-10,15H2,1-2H3. The van der Waals surface area contributed by atoms with Gasteiger partial charge in [-0.25, -0.2) is 4.98 Å². The van der Waals surface area contributed by atoms with Crippen molar-refractivity contribution < 1.29 is 0 Å². The first kappa shape index (κ1) is 13.0. The third kappa shape index (κ3) is 3.08. The second-order valence-corrected chi connectivity index (χ2v) is 6.87. The smallest absolute Gasteiger partial charge is 0.0930 e. The van der Waals surface area contributed by atoms with E-state index in [1.165, 1.54) is 30.7 Å². The van der Waals surface area contributed by atoms with E-state index in [0.717, 1.165) is 24.8 Å². The number of nitrogens with two attached hydrogens (primary N) is 1. The summed E-state index contributed by atoms with van der Waals surface area (Å²) in [5.74, 6) is 1.73. The molecule has 1 aliphatic carbocycles. The maximum absolute atomic E-state index is 6.05. The fraction of sp³-hybridized carbons (Fsp3) is 0.786. The SMILES string of the molecule is CC(C)C1CCC(CN)(Cc2nccs2)CC1. The molecule has 2 nitrogen and oxygen atoms in total. The highest BCUT2D eigenvalue weighted by Gasteiger charge is 2.35. The number of aromatic nitrogens is 1. The van der Waals surface area contributed by atoms with Gasteiger partial charge in [0.05, 0.1) is 5.01 Å². The van der Waals surface area contributed by atoms with Crippen LogP contribution in [0, 0.1) is 17.3 Å². The molecule has 0 aliphatic heterocycles. The second kappa shape index (κ2) is 5.49. The molecule has 1 aromatic heterocycles. The van der Waals surface area contributed by atoms with E-state index >= 15 is 0 Å². The number of hydrogen-bond donors (Lipinski definition) is 1. The molecule has 3 heteroatoms. The fourth-order valence-electron chi connectivity index (χ4n) is 3.03. The van der Waals surface area contributed by atoms with E-state index in [2.05, 4.69) is 24.2 Å². The quantitative estimate of drug-likeness (QED) is 0.891. The lowest BCUT2D eigenvalue weighted by atomic mass is 9.66. The summed E-state index contributed by atoms with van der Waals surface area (Å²) in [5.41, 5.74) is 6.39. The first-order chi connectivity index (χ1) is 8.15. The molecule has 0 amide bonds. The van der Waals surface area contributed by atoms with Gasteiger partial charge in [-0.15, -0.1) is 11.3 Å². The molecule has 1 aromatic rings. The third-order valence-electron chi connectivity index (χ3n) is 4.48. The summed E-state index contributed by atoms with van der Waals surface area (Å²) in [6.45, 7) is 5.51. The third-order valence-corrected chi connectivity index (χ3v) is 5.26. The number of rotatable bonds is 4. The second-order valence-electron chi connectivity index (χ2n) is 5.89. The molecule has 0 radical (unpaired) electrons. The highest BCUT2D eigenvalue weighted by molar-refractivity contribution is 7.09. The Hall–Kier alpha value is -0.410. The first-order valence-electron chi connectivity index (χ1n) is 6.74. The molecule has 0 spiro atoms. The molecule has 1 heterocycles. The van der Waals surface area contributed by atoms with E-state index in [0.29, 0.717) is 5.41 Å². The Morgan fingerprint density at radius 3 is 2.65 bits per heavy atom. The van der Waals surface area contributed by atoms with Gasteiger partial charge in [-0.3, -0.25) is 0 Å². The van der Waals surface area contributed by atoms with Gasteiger partial charge in [0, 0.05) is 18.0 Å². The Bertz CT molecular complexity index is 324. The van der Waals surface area contributed by atoms with Crippen molar-refractivity contribution in [1.82, 2.24) is 4.98 Å². The van der Waals surface area contributed by atoms with Crippen LogP contribution in [0.15, 0.2) is 11.6 Å². The van der Waals surface area contributed by atoms with Crippen LogP contribution in [0.4, 0.5) is 0 Å². The van der Waals surface area contributed by atoms with Crippen LogP contribution in [0.3, 0.4) is 0 Å². The molecule has 0 bridgehead atoms. The lowest BCUT2D eigenvalue weighted by Crippen LogP contribution is -2.37. The molecule has 1 fully saturated rings. The van der Waals surface area contributed by atoms with Crippen molar-refractivity contribution >= 4 is 11.3 Å². The van der Waals surface area contributed by atoms with Gasteiger partial charge in [-0.2, -0.15) is 0 Å². The van der Waals surface area contributed by atoms with Crippen LogP contribution < -0.4 is 5.73 Å². The summed E-state index contributed by atoms with van der Waals surface area (Å²) in [6.07, 6.45) is 8.26. The van der Waals surface area contributed by atoms with Crippen molar-refractivity contribution in [3.63, 3.8) is 0 Å². The van der Waals surface area contributed by atoms with E-state index in [4.69, 9.17) is 5.73 Å². The Balaban J connectivity index is 1.98. The maximum atomic E-state index is 6.05. The lowest BCUT2D eigenvalue weighted by Gasteiger charge is -2.40. The zero-order valence-corrected chi connectivity index (χ0v) is 11.8. The van der Waals surface area contributed by atoms with Crippen LogP contribution in [0.25, 0.3) is 0 Å². The minimum absolute atomic E-state index is 0.337. The van der Waals surface area contributed by atoms with Gasteiger partial charge in [0.15, 0.2) is 0 Å². The monoisotopic (exact) mass is 252 g/mol. The maximum Gasteiger partial charge on any atom is 0.0930 e. The number of nitrogens with zero attached hydrogens (tertiary/aromatic N) is 1. The predicted molar refractivity (Wildman–Crippen MR) is 74.1 cm³/mol. The van der Waals surface area contributed by atoms with E-state index in [-0.39, 0.29) is 0 Å². The highest BCUT2D eigenvalue weighted by atomic mass is 32.1. The Morgan fingerprint density at radius 1 is 1.47 bits per heavy atom. The zero-order valence-electron chi connectivity index (χ0n) is 11.0.